The van der Waals surface area contributed by atoms with Crippen molar-refractivity contribution in [3.8, 4) is 0 Å². The quantitative estimate of drug-likeness (QED) is 0.478. The molecule has 3 aliphatic rings. The number of hydrogen-bond acceptors (Lipinski definition) is 7. The van der Waals surface area contributed by atoms with Gasteiger partial charge in [0, 0.05) is 48.0 Å². The van der Waals surface area contributed by atoms with Gasteiger partial charge in [0.2, 0.25) is 5.92 Å². The summed E-state index contributed by atoms with van der Waals surface area (Å²) in [5, 5.41) is 4.23. The number of sulfone groups is 1. The highest BCUT2D eigenvalue weighted by Gasteiger charge is 2.47. The van der Waals surface area contributed by atoms with Crippen LogP contribution in [0.1, 0.15) is 53.1 Å². The Morgan fingerprint density at radius 3 is 2.69 bits per heavy atom. The molecule has 2 aromatic heterocycles. The summed E-state index contributed by atoms with van der Waals surface area (Å²) in [7, 11) is -2.03. The zero-order valence-corrected chi connectivity index (χ0v) is 21.4. The van der Waals surface area contributed by atoms with Gasteiger partial charge in [-0.05, 0) is 50.5 Å². The van der Waals surface area contributed by atoms with Crippen LogP contribution < -0.4 is 0 Å². The normalized spacial score (nSPS) is 21.7. The second-order valence-corrected chi connectivity index (χ2v) is 13.3. The van der Waals surface area contributed by atoms with Crippen molar-refractivity contribution in [2.45, 2.75) is 75.2 Å². The third kappa shape index (κ3) is 5.32. The average Bonchev–Trinajstić information content (AvgIpc) is 3.45. The van der Waals surface area contributed by atoms with Gasteiger partial charge in [-0.15, -0.1) is 11.3 Å². The fraction of sp³-hybridized carbons (Fsp3) is 0.625. The van der Waals surface area contributed by atoms with Crippen LogP contribution in [0.2, 0.25) is 0 Å². The number of ketones is 1. The van der Waals surface area contributed by atoms with Crippen LogP contribution in [0, 0.1) is 18.8 Å². The summed E-state index contributed by atoms with van der Waals surface area (Å²) in [5.74, 6) is -2.90. The molecule has 0 radical (unpaired) electrons. The number of hydrogen-bond donors (Lipinski definition) is 0. The van der Waals surface area contributed by atoms with Crippen molar-refractivity contribution in [1.29, 1.82) is 0 Å². The number of aromatic nitrogens is 2. The minimum absolute atomic E-state index is 0.0270. The van der Waals surface area contributed by atoms with Crippen molar-refractivity contribution in [3.05, 3.63) is 27.1 Å². The Labute approximate surface area is 207 Å². The number of aliphatic imine (C=N–C) groups is 2. The van der Waals surface area contributed by atoms with Crippen molar-refractivity contribution in [2.24, 2.45) is 28.9 Å². The smallest absolute Gasteiger partial charge is 0.248 e. The number of halogens is 2. The highest BCUT2D eigenvalue weighted by atomic mass is 32.2. The van der Waals surface area contributed by atoms with Crippen LogP contribution in [-0.4, -0.2) is 47.7 Å². The predicted octanol–water partition coefficient (Wildman–Crippen LogP) is 4.49. The summed E-state index contributed by atoms with van der Waals surface area (Å²) in [6.45, 7) is 1.87. The predicted molar refractivity (Wildman–Crippen MR) is 129 cm³/mol. The zero-order chi connectivity index (χ0) is 25.0. The molecule has 0 saturated heterocycles. The lowest BCUT2D eigenvalue weighted by Crippen LogP contribution is -2.39. The van der Waals surface area contributed by atoms with E-state index in [0.29, 0.717) is 29.1 Å². The van der Waals surface area contributed by atoms with Crippen molar-refractivity contribution in [3.63, 3.8) is 0 Å². The van der Waals surface area contributed by atoms with Gasteiger partial charge in [0.15, 0.2) is 15.7 Å². The lowest BCUT2D eigenvalue weighted by atomic mass is 9.83. The molecule has 0 unspecified atom stereocenters. The molecular formula is C24H28F2N4O3S2. The number of aryl methyl sites for hydroxylation is 3. The van der Waals surface area contributed by atoms with Crippen LogP contribution in [0.5, 0.6) is 0 Å². The van der Waals surface area contributed by atoms with Gasteiger partial charge < -0.3 is 0 Å². The maximum absolute atomic E-state index is 13.5. The molecule has 0 aliphatic heterocycles. The summed E-state index contributed by atoms with van der Waals surface area (Å²) < 4.78 is 55.4. The van der Waals surface area contributed by atoms with E-state index >= 15 is 0 Å². The number of rotatable bonds is 8. The molecule has 2 heterocycles. The van der Waals surface area contributed by atoms with Crippen LogP contribution in [0.4, 0.5) is 14.6 Å². The Kier molecular flexibility index (Phi) is 6.30. The Bertz CT molecular complexity index is 1330. The number of fused-ring (bicyclic) bond motifs is 1. The first kappa shape index (κ1) is 24.5. The molecule has 0 N–H and O–H groups in total. The molecule has 7 nitrogen and oxygen atoms in total. The third-order valence-electron chi connectivity index (χ3n) is 6.95. The van der Waals surface area contributed by atoms with Gasteiger partial charge in [0.1, 0.15) is 5.78 Å². The molecule has 5 rings (SSSR count). The summed E-state index contributed by atoms with van der Waals surface area (Å²) in [6.07, 6.45) is 2.81. The minimum atomic E-state index is -3.81. The van der Waals surface area contributed by atoms with E-state index in [1.807, 2.05) is 13.0 Å². The summed E-state index contributed by atoms with van der Waals surface area (Å²) in [5.41, 5.74) is 1.54. The second-order valence-electron chi connectivity index (χ2n) is 10.1. The fourth-order valence-electron chi connectivity index (χ4n) is 5.05. The first-order valence-corrected chi connectivity index (χ1v) is 14.4. The SMILES string of the molecule is Cc1cc(N=C=N[C@H]2CCc3sc(CC(=O)C4CC4)c(S(=O)(=O)CC4CC(F)(F)C4)c3C2)n(C)n1. The summed E-state index contributed by atoms with van der Waals surface area (Å²) >= 11 is 1.40. The van der Waals surface area contributed by atoms with E-state index in [-0.39, 0.29) is 34.8 Å². The van der Waals surface area contributed by atoms with E-state index in [9.17, 15) is 22.0 Å². The third-order valence-corrected chi connectivity index (χ3v) is 10.4. The van der Waals surface area contributed by atoms with Crippen molar-refractivity contribution < 1.29 is 22.0 Å². The fourth-order valence-corrected chi connectivity index (χ4v) is 8.90. The summed E-state index contributed by atoms with van der Waals surface area (Å²) in [6, 6.07) is 4.37. The molecule has 1 atom stereocenters. The van der Waals surface area contributed by atoms with Crippen LogP contribution in [-0.2, 0) is 40.9 Å². The highest BCUT2D eigenvalue weighted by Crippen LogP contribution is 2.46. The molecule has 2 aromatic rings. The Morgan fingerprint density at radius 1 is 1.31 bits per heavy atom. The number of carbonyl (C=O) groups is 1. The van der Waals surface area contributed by atoms with E-state index in [2.05, 4.69) is 21.1 Å². The van der Waals surface area contributed by atoms with E-state index < -0.39 is 34.5 Å². The van der Waals surface area contributed by atoms with Crippen molar-refractivity contribution in [2.75, 3.05) is 5.75 Å². The molecule has 0 amide bonds. The molecule has 188 valence electrons. The molecular weight excluding hydrogens is 494 g/mol. The molecule has 0 spiro atoms. The van der Waals surface area contributed by atoms with E-state index in [0.717, 1.165) is 29.8 Å². The maximum Gasteiger partial charge on any atom is 0.248 e. The largest absolute Gasteiger partial charge is 0.299 e. The van der Waals surface area contributed by atoms with Gasteiger partial charge in [-0.2, -0.15) is 10.1 Å². The van der Waals surface area contributed by atoms with Crippen LogP contribution in [0.25, 0.3) is 0 Å². The molecule has 0 bridgehead atoms. The average molecular weight is 523 g/mol. The van der Waals surface area contributed by atoms with Gasteiger partial charge in [0.25, 0.3) is 0 Å². The number of Topliss-reactive ketones (excluding diaryl/α,β-unsaturated/α-hetero) is 1. The molecule has 2 saturated carbocycles. The Hall–Kier alpha value is -2.23. The highest BCUT2D eigenvalue weighted by molar-refractivity contribution is 7.91. The maximum atomic E-state index is 13.5. The molecule has 2 fully saturated rings. The minimum Gasteiger partial charge on any atom is -0.299 e. The van der Waals surface area contributed by atoms with E-state index in [1.54, 1.807) is 11.7 Å². The zero-order valence-electron chi connectivity index (χ0n) is 19.8. The van der Waals surface area contributed by atoms with Crippen molar-refractivity contribution >= 4 is 38.8 Å². The molecule has 35 heavy (non-hydrogen) atoms. The topological polar surface area (TPSA) is 93.8 Å². The lowest BCUT2D eigenvalue weighted by Gasteiger charge is -2.34. The van der Waals surface area contributed by atoms with Crippen molar-refractivity contribution in [1.82, 2.24) is 9.78 Å². The van der Waals surface area contributed by atoms with Crippen LogP contribution in [0.3, 0.4) is 0 Å². The lowest BCUT2D eigenvalue weighted by molar-refractivity contribution is -0.119. The molecule has 3 aliphatic carbocycles. The molecule has 0 aromatic carbocycles. The monoisotopic (exact) mass is 522 g/mol. The first-order chi connectivity index (χ1) is 16.5. The standard InChI is InChI=1S/C24H28F2N4O3S2/c1-14-7-22(30(2)29-14)28-13-27-17-5-6-20-18(8-17)23(21(34-20)9-19(31)16-3-4-16)35(32,33)12-15-10-24(25,26)11-15/h7,15-17H,3-6,8-12H2,1-2H3/t17-/m0/s1. The second kappa shape index (κ2) is 9.01. The van der Waals surface area contributed by atoms with Gasteiger partial charge >= 0.3 is 0 Å². The van der Waals surface area contributed by atoms with Gasteiger partial charge in [-0.1, -0.05) is 0 Å². The number of alkyl halides is 2. The van der Waals surface area contributed by atoms with Gasteiger partial charge in [0.05, 0.1) is 28.4 Å². The van der Waals surface area contributed by atoms with E-state index in [4.69, 9.17) is 0 Å². The van der Waals surface area contributed by atoms with Gasteiger partial charge in [-0.3, -0.25) is 9.48 Å². The van der Waals surface area contributed by atoms with Crippen LogP contribution in [0.15, 0.2) is 20.9 Å². The van der Waals surface area contributed by atoms with Crippen LogP contribution >= 0.6 is 11.3 Å². The Balaban J connectivity index is 1.42. The summed E-state index contributed by atoms with van der Waals surface area (Å²) in [4.78, 5) is 23.0. The number of carbonyl (C=O) groups excluding carboxylic acids is 1. The molecule has 11 heteroatoms. The number of nitrogens with zero attached hydrogens (tertiary/aromatic N) is 4. The Morgan fingerprint density at radius 2 is 2.06 bits per heavy atom. The van der Waals surface area contributed by atoms with Gasteiger partial charge in [-0.25, -0.2) is 22.2 Å². The number of thiophene rings is 1. The van der Waals surface area contributed by atoms with E-state index in [1.165, 1.54) is 11.3 Å². The first-order valence-electron chi connectivity index (χ1n) is 11.9.